The fraction of sp³-hybridized carbons (Fsp3) is 0.238. The molecular formula is C21H20N2O5S. The normalized spacial score (nSPS) is 12.7. The van der Waals surface area contributed by atoms with Crippen molar-refractivity contribution in [3.63, 3.8) is 0 Å². The van der Waals surface area contributed by atoms with E-state index in [1.807, 2.05) is 30.5 Å². The van der Waals surface area contributed by atoms with Gasteiger partial charge in [0.05, 0.1) is 11.3 Å². The Morgan fingerprint density at radius 1 is 1.07 bits per heavy atom. The molecule has 0 spiro atoms. The van der Waals surface area contributed by atoms with Crippen LogP contribution in [0, 0.1) is 0 Å². The van der Waals surface area contributed by atoms with Crippen LogP contribution in [0.5, 0.6) is 0 Å². The smallest absolute Gasteiger partial charge is 0.326 e. The number of para-hydroxylation sites is 1. The number of carbonyl (C=O) groups excluding carboxylic acids is 4. The lowest BCUT2D eigenvalue weighted by molar-refractivity contribution is -0.150. The molecule has 1 aliphatic heterocycles. The van der Waals surface area contributed by atoms with Gasteiger partial charge in [0.2, 0.25) is 0 Å². The first-order chi connectivity index (χ1) is 13.9. The maximum atomic E-state index is 12.2. The van der Waals surface area contributed by atoms with Crippen LogP contribution >= 0.6 is 11.8 Å². The average Bonchev–Trinajstić information content (AvgIpc) is 2.97. The average molecular weight is 412 g/mol. The largest absolute Gasteiger partial charge is 0.454 e. The maximum Gasteiger partial charge on any atom is 0.326 e. The van der Waals surface area contributed by atoms with Crippen LogP contribution in [0.2, 0.25) is 0 Å². The van der Waals surface area contributed by atoms with E-state index in [-0.39, 0.29) is 11.5 Å². The van der Waals surface area contributed by atoms with E-state index in [9.17, 15) is 19.2 Å². The molecule has 0 bridgehead atoms. The monoisotopic (exact) mass is 412 g/mol. The number of ketones is 1. The number of esters is 1. The van der Waals surface area contributed by atoms with Crippen molar-refractivity contribution in [2.45, 2.75) is 11.4 Å². The van der Waals surface area contributed by atoms with E-state index >= 15 is 0 Å². The maximum absolute atomic E-state index is 12.2. The van der Waals surface area contributed by atoms with Crippen molar-refractivity contribution in [1.29, 1.82) is 0 Å². The van der Waals surface area contributed by atoms with E-state index in [0.29, 0.717) is 12.2 Å². The molecule has 0 unspecified atom stereocenters. The van der Waals surface area contributed by atoms with Crippen molar-refractivity contribution in [3.8, 4) is 0 Å². The van der Waals surface area contributed by atoms with Gasteiger partial charge in [0, 0.05) is 18.5 Å². The highest BCUT2D eigenvalue weighted by Gasteiger charge is 2.36. The first-order valence-electron chi connectivity index (χ1n) is 8.88. The molecule has 0 atom stereocenters. The summed E-state index contributed by atoms with van der Waals surface area (Å²) in [6, 6.07) is 14.3. The SMILES string of the molecule is CSc1ccc(CN(C)C(=O)COC(=O)CN2C(=O)C(=O)c3ccccc32)cc1. The van der Waals surface area contributed by atoms with E-state index in [1.54, 1.807) is 37.0 Å². The highest BCUT2D eigenvalue weighted by Crippen LogP contribution is 2.28. The molecule has 0 saturated heterocycles. The molecule has 0 fully saturated rings. The van der Waals surface area contributed by atoms with Gasteiger partial charge < -0.3 is 9.64 Å². The third-order valence-electron chi connectivity index (χ3n) is 4.53. The Morgan fingerprint density at radius 2 is 1.76 bits per heavy atom. The highest BCUT2D eigenvalue weighted by atomic mass is 32.2. The van der Waals surface area contributed by atoms with Crippen molar-refractivity contribution < 1.29 is 23.9 Å². The second-order valence-electron chi connectivity index (χ2n) is 6.50. The number of nitrogens with zero attached hydrogens (tertiary/aromatic N) is 2. The second kappa shape index (κ2) is 8.91. The van der Waals surface area contributed by atoms with Gasteiger partial charge in [-0.1, -0.05) is 24.3 Å². The lowest BCUT2D eigenvalue weighted by Gasteiger charge is -2.18. The summed E-state index contributed by atoms with van der Waals surface area (Å²) in [5, 5.41) is 0. The molecule has 2 aromatic rings. The van der Waals surface area contributed by atoms with Gasteiger partial charge in [-0.15, -0.1) is 11.8 Å². The predicted octanol–water partition coefficient (Wildman–Crippen LogP) is 2.14. The van der Waals surface area contributed by atoms with E-state index in [4.69, 9.17) is 4.74 Å². The fourth-order valence-electron chi connectivity index (χ4n) is 2.93. The van der Waals surface area contributed by atoms with Crippen molar-refractivity contribution in [1.82, 2.24) is 4.90 Å². The molecule has 3 rings (SSSR count). The summed E-state index contributed by atoms with van der Waals surface area (Å²) < 4.78 is 5.02. The van der Waals surface area contributed by atoms with Gasteiger partial charge in [0.25, 0.3) is 17.6 Å². The Kier molecular flexibility index (Phi) is 6.33. The minimum Gasteiger partial charge on any atom is -0.454 e. The summed E-state index contributed by atoms with van der Waals surface area (Å²) in [7, 11) is 1.62. The van der Waals surface area contributed by atoms with Gasteiger partial charge in [0.1, 0.15) is 6.54 Å². The van der Waals surface area contributed by atoms with Crippen LogP contribution in [0.3, 0.4) is 0 Å². The fourth-order valence-corrected chi connectivity index (χ4v) is 3.33. The van der Waals surface area contributed by atoms with Crippen LogP contribution in [-0.4, -0.2) is 54.9 Å². The standard InChI is InChI=1S/C21H20N2O5S/c1-22(11-14-7-9-15(29-2)10-8-14)18(24)13-28-19(25)12-23-17-6-4-3-5-16(17)20(26)21(23)27/h3-10H,11-13H2,1-2H3. The van der Waals surface area contributed by atoms with Gasteiger partial charge >= 0.3 is 5.97 Å². The topological polar surface area (TPSA) is 84.0 Å². The van der Waals surface area contributed by atoms with Crippen LogP contribution in [-0.2, 0) is 25.7 Å². The lowest BCUT2D eigenvalue weighted by Crippen LogP contribution is -2.37. The van der Waals surface area contributed by atoms with Crippen LogP contribution in [0.1, 0.15) is 15.9 Å². The van der Waals surface area contributed by atoms with Gasteiger partial charge in [-0.2, -0.15) is 0 Å². The van der Waals surface area contributed by atoms with Crippen molar-refractivity contribution >= 4 is 41.0 Å². The van der Waals surface area contributed by atoms with Crippen LogP contribution in [0.25, 0.3) is 0 Å². The minimum atomic E-state index is -0.778. The molecule has 0 radical (unpaired) electrons. The molecule has 0 aromatic heterocycles. The molecule has 0 saturated carbocycles. The highest BCUT2D eigenvalue weighted by molar-refractivity contribution is 7.98. The number of rotatable bonds is 7. The van der Waals surface area contributed by atoms with E-state index < -0.39 is 30.8 Å². The summed E-state index contributed by atoms with van der Waals surface area (Å²) in [5.41, 5.74) is 1.59. The Hall–Kier alpha value is -3.13. The van der Waals surface area contributed by atoms with Crippen molar-refractivity contribution in [2.24, 2.45) is 0 Å². The van der Waals surface area contributed by atoms with Crippen LogP contribution in [0.4, 0.5) is 5.69 Å². The third kappa shape index (κ3) is 4.65. The number of thioether (sulfide) groups is 1. The Morgan fingerprint density at radius 3 is 2.45 bits per heavy atom. The number of likely N-dealkylation sites (N-methyl/N-ethyl adjacent to an activating group) is 1. The molecule has 150 valence electrons. The zero-order valence-electron chi connectivity index (χ0n) is 16.1. The number of Topliss-reactive ketones (excluding diaryl/α,β-unsaturated/α-hetero) is 1. The number of hydrogen-bond acceptors (Lipinski definition) is 6. The van der Waals surface area contributed by atoms with Gasteiger partial charge in [-0.25, -0.2) is 0 Å². The van der Waals surface area contributed by atoms with Gasteiger partial charge in [-0.3, -0.25) is 24.1 Å². The molecule has 2 amide bonds. The Labute approximate surface area is 172 Å². The number of hydrogen-bond donors (Lipinski definition) is 0. The summed E-state index contributed by atoms with van der Waals surface area (Å²) in [5.74, 6) is -2.55. The molecule has 7 nitrogen and oxygen atoms in total. The minimum absolute atomic E-state index is 0.258. The summed E-state index contributed by atoms with van der Waals surface area (Å²) >= 11 is 1.64. The predicted molar refractivity (Wildman–Crippen MR) is 109 cm³/mol. The summed E-state index contributed by atoms with van der Waals surface area (Å²) in [4.78, 5) is 52.1. The van der Waals surface area contributed by atoms with Gasteiger partial charge in [0.15, 0.2) is 6.61 Å². The number of fused-ring (bicyclic) bond motifs is 1. The molecular weight excluding hydrogens is 392 g/mol. The molecule has 1 aliphatic rings. The molecule has 8 heteroatoms. The number of ether oxygens (including phenoxy) is 1. The number of amides is 2. The molecule has 0 N–H and O–H groups in total. The number of anilines is 1. The first-order valence-corrected chi connectivity index (χ1v) is 10.1. The number of carbonyl (C=O) groups is 4. The summed E-state index contributed by atoms with van der Waals surface area (Å²) in [6.07, 6.45) is 1.99. The lowest BCUT2D eigenvalue weighted by atomic mass is 10.1. The first kappa shape index (κ1) is 20.6. The summed E-state index contributed by atoms with van der Waals surface area (Å²) in [6.45, 7) is -0.470. The molecule has 2 aromatic carbocycles. The zero-order valence-corrected chi connectivity index (χ0v) is 16.9. The molecule has 1 heterocycles. The van der Waals surface area contributed by atoms with E-state index in [2.05, 4.69) is 0 Å². The Balaban J connectivity index is 1.51. The Bertz CT molecular complexity index is 958. The van der Waals surface area contributed by atoms with Crippen molar-refractivity contribution in [3.05, 3.63) is 59.7 Å². The van der Waals surface area contributed by atoms with Crippen molar-refractivity contribution in [2.75, 3.05) is 31.4 Å². The molecule has 29 heavy (non-hydrogen) atoms. The third-order valence-corrected chi connectivity index (χ3v) is 5.27. The van der Waals surface area contributed by atoms with E-state index in [1.165, 1.54) is 11.0 Å². The second-order valence-corrected chi connectivity index (χ2v) is 7.38. The number of benzene rings is 2. The zero-order chi connectivity index (χ0) is 21.0. The molecule has 0 aliphatic carbocycles. The van der Waals surface area contributed by atoms with Crippen LogP contribution in [0.15, 0.2) is 53.4 Å². The van der Waals surface area contributed by atoms with Gasteiger partial charge in [-0.05, 0) is 36.1 Å². The quantitative estimate of drug-likeness (QED) is 0.394. The van der Waals surface area contributed by atoms with E-state index in [0.717, 1.165) is 15.4 Å². The van der Waals surface area contributed by atoms with Crippen LogP contribution < -0.4 is 4.90 Å².